The SMILES string of the molecule is NCCCCC(N)C(=O)O.O=C(O)[C@H](O)[C@@H](O)[C@H](O)[C@H](O)CO. The Morgan fingerprint density at radius 2 is 1.43 bits per heavy atom. The van der Waals surface area contributed by atoms with Gasteiger partial charge in [0.15, 0.2) is 6.10 Å². The maximum atomic E-state index is 10.1. The van der Waals surface area contributed by atoms with Crippen LogP contribution >= 0.6 is 0 Å². The first kappa shape index (κ1) is 23.9. The molecule has 0 aromatic rings. The van der Waals surface area contributed by atoms with Crippen LogP contribution in [0.1, 0.15) is 19.3 Å². The number of aliphatic hydroxyl groups excluding tert-OH is 5. The topological polar surface area (TPSA) is 228 Å². The Morgan fingerprint density at radius 1 is 0.913 bits per heavy atom. The van der Waals surface area contributed by atoms with Crippen LogP contribution in [0.25, 0.3) is 0 Å². The summed E-state index contributed by atoms with van der Waals surface area (Å²) in [6, 6.07) is -0.716. The van der Waals surface area contributed by atoms with Crippen LogP contribution in [-0.2, 0) is 9.59 Å². The molecule has 138 valence electrons. The van der Waals surface area contributed by atoms with Gasteiger partial charge in [0.05, 0.1) is 6.61 Å². The zero-order chi connectivity index (χ0) is 18.6. The molecule has 0 saturated heterocycles. The van der Waals surface area contributed by atoms with Gasteiger partial charge in [-0.1, -0.05) is 6.42 Å². The first-order valence-electron chi connectivity index (χ1n) is 6.84. The summed E-state index contributed by atoms with van der Waals surface area (Å²) in [6.45, 7) is -0.239. The monoisotopic (exact) mass is 342 g/mol. The molecule has 0 aliphatic carbocycles. The number of hydrogen-bond donors (Lipinski definition) is 9. The predicted molar refractivity (Wildman–Crippen MR) is 77.3 cm³/mol. The van der Waals surface area contributed by atoms with Crippen LogP contribution in [0.5, 0.6) is 0 Å². The van der Waals surface area contributed by atoms with Gasteiger partial charge in [-0.2, -0.15) is 0 Å². The molecule has 0 rings (SSSR count). The van der Waals surface area contributed by atoms with Gasteiger partial charge in [-0.05, 0) is 19.4 Å². The third-order valence-corrected chi connectivity index (χ3v) is 2.79. The summed E-state index contributed by atoms with van der Waals surface area (Å²) in [6.07, 6.45) is -5.67. The molecule has 23 heavy (non-hydrogen) atoms. The van der Waals surface area contributed by atoms with Crippen LogP contribution in [-0.4, -0.2) is 91.3 Å². The normalized spacial score (nSPS) is 17.2. The van der Waals surface area contributed by atoms with Crippen LogP contribution in [0.4, 0.5) is 0 Å². The maximum Gasteiger partial charge on any atom is 0.335 e. The van der Waals surface area contributed by atoms with Crippen molar-refractivity contribution in [1.82, 2.24) is 0 Å². The molecule has 11 N–H and O–H groups in total. The molecule has 0 aromatic heterocycles. The second-order valence-electron chi connectivity index (χ2n) is 4.74. The maximum absolute atomic E-state index is 10.1. The van der Waals surface area contributed by atoms with E-state index in [1.807, 2.05) is 0 Å². The van der Waals surface area contributed by atoms with Gasteiger partial charge >= 0.3 is 11.9 Å². The van der Waals surface area contributed by atoms with Gasteiger partial charge in [0.1, 0.15) is 24.4 Å². The fraction of sp³-hybridized carbons (Fsp3) is 0.833. The first-order chi connectivity index (χ1) is 10.6. The quantitative estimate of drug-likeness (QED) is 0.174. The molecule has 0 aromatic carbocycles. The fourth-order valence-electron chi connectivity index (χ4n) is 1.30. The zero-order valence-corrected chi connectivity index (χ0v) is 12.5. The van der Waals surface area contributed by atoms with Crippen LogP contribution in [0.15, 0.2) is 0 Å². The third-order valence-electron chi connectivity index (χ3n) is 2.79. The Morgan fingerprint density at radius 3 is 1.78 bits per heavy atom. The molecule has 11 heteroatoms. The van der Waals surface area contributed by atoms with Crippen LogP contribution in [0, 0.1) is 0 Å². The van der Waals surface area contributed by atoms with Crippen molar-refractivity contribution in [2.75, 3.05) is 13.2 Å². The molecule has 0 heterocycles. The minimum atomic E-state index is -2.20. The van der Waals surface area contributed by atoms with Gasteiger partial charge in [-0.15, -0.1) is 0 Å². The van der Waals surface area contributed by atoms with Crippen molar-refractivity contribution in [3.63, 3.8) is 0 Å². The molecule has 0 bridgehead atoms. The van der Waals surface area contributed by atoms with Gasteiger partial charge in [0.25, 0.3) is 0 Å². The Labute approximate surface area is 132 Å². The van der Waals surface area contributed by atoms with Crippen LogP contribution < -0.4 is 11.5 Å². The summed E-state index contributed by atoms with van der Waals surface area (Å²) >= 11 is 0. The lowest BCUT2D eigenvalue weighted by molar-refractivity contribution is -0.164. The highest BCUT2D eigenvalue weighted by Gasteiger charge is 2.33. The minimum Gasteiger partial charge on any atom is -0.480 e. The number of aliphatic carboxylic acids is 2. The number of aliphatic hydroxyl groups is 5. The second kappa shape index (κ2) is 13.1. The highest BCUT2D eigenvalue weighted by Crippen LogP contribution is 2.04. The summed E-state index contributed by atoms with van der Waals surface area (Å²) in [5, 5.41) is 60.1. The molecule has 0 radical (unpaired) electrons. The van der Waals surface area contributed by atoms with E-state index in [0.717, 1.165) is 12.8 Å². The highest BCUT2D eigenvalue weighted by molar-refractivity contribution is 5.73. The van der Waals surface area contributed by atoms with Gasteiger partial charge in [-0.3, -0.25) is 4.79 Å². The molecule has 11 nitrogen and oxygen atoms in total. The van der Waals surface area contributed by atoms with E-state index in [2.05, 4.69) is 0 Å². The summed E-state index contributed by atoms with van der Waals surface area (Å²) < 4.78 is 0. The number of unbranched alkanes of at least 4 members (excludes halogenated alkanes) is 1. The van der Waals surface area contributed by atoms with Gasteiger partial charge in [0, 0.05) is 0 Å². The van der Waals surface area contributed by atoms with Crippen molar-refractivity contribution in [1.29, 1.82) is 0 Å². The number of rotatable bonds is 10. The fourth-order valence-corrected chi connectivity index (χ4v) is 1.30. The summed E-state index contributed by atoms with van der Waals surface area (Å²) in [5.41, 5.74) is 10.4. The summed E-state index contributed by atoms with van der Waals surface area (Å²) in [4.78, 5) is 20.2. The van der Waals surface area contributed by atoms with Gasteiger partial charge in [0.2, 0.25) is 0 Å². The first-order valence-corrected chi connectivity index (χ1v) is 6.84. The molecule has 0 spiro atoms. The van der Waals surface area contributed by atoms with Crippen molar-refractivity contribution in [2.45, 2.75) is 49.7 Å². The number of carboxylic acid groups (broad SMARTS) is 2. The van der Waals surface area contributed by atoms with Gasteiger partial charge in [-0.25, -0.2) is 4.79 Å². The number of hydrogen-bond acceptors (Lipinski definition) is 9. The van der Waals surface area contributed by atoms with E-state index in [-0.39, 0.29) is 0 Å². The molecule has 1 unspecified atom stereocenters. The molecule has 0 amide bonds. The van der Waals surface area contributed by atoms with E-state index in [0.29, 0.717) is 13.0 Å². The van der Waals surface area contributed by atoms with Crippen molar-refractivity contribution < 1.29 is 45.3 Å². The molecular weight excluding hydrogens is 316 g/mol. The molecule has 0 aliphatic rings. The third kappa shape index (κ3) is 10.9. The second-order valence-corrected chi connectivity index (χ2v) is 4.74. The van der Waals surface area contributed by atoms with Gasteiger partial charge < -0.3 is 47.2 Å². The van der Waals surface area contributed by atoms with Crippen molar-refractivity contribution in [3.8, 4) is 0 Å². The smallest absolute Gasteiger partial charge is 0.335 e. The lowest BCUT2D eigenvalue weighted by Gasteiger charge is -2.23. The molecule has 5 atom stereocenters. The van der Waals surface area contributed by atoms with Crippen LogP contribution in [0.3, 0.4) is 0 Å². The molecule has 0 saturated carbocycles. The standard InChI is InChI=1S/C6H14N2O2.C6H12O7/c7-4-2-1-3-5(8)6(9)10;7-1-2(8)3(9)4(10)5(11)6(12)13/h5H,1-4,7-8H2,(H,9,10);2-5,7-11H,1H2,(H,12,13)/t;2-,3-,4+,5-/m.1/s1. The van der Waals surface area contributed by atoms with E-state index in [4.69, 9.17) is 47.2 Å². The Bertz CT molecular complexity index is 342. The molecule has 0 aliphatic heterocycles. The van der Waals surface area contributed by atoms with E-state index in [9.17, 15) is 9.59 Å². The largest absolute Gasteiger partial charge is 0.480 e. The van der Waals surface area contributed by atoms with E-state index in [1.165, 1.54) is 0 Å². The van der Waals surface area contributed by atoms with Crippen LogP contribution in [0.2, 0.25) is 0 Å². The number of nitrogens with two attached hydrogens (primary N) is 2. The molecule has 0 fully saturated rings. The van der Waals surface area contributed by atoms with Crippen molar-refractivity contribution in [3.05, 3.63) is 0 Å². The number of carbonyl (C=O) groups is 2. The Kier molecular flexibility index (Phi) is 13.7. The van der Waals surface area contributed by atoms with Crippen molar-refractivity contribution in [2.24, 2.45) is 11.5 Å². The lowest BCUT2D eigenvalue weighted by Crippen LogP contribution is -2.48. The highest BCUT2D eigenvalue weighted by atomic mass is 16.4. The van der Waals surface area contributed by atoms with E-state index in [1.54, 1.807) is 0 Å². The average Bonchev–Trinajstić information content (AvgIpc) is 2.52. The summed E-state index contributed by atoms with van der Waals surface area (Å²) in [7, 11) is 0. The lowest BCUT2D eigenvalue weighted by atomic mass is 10.0. The number of carboxylic acids is 2. The average molecular weight is 342 g/mol. The summed E-state index contributed by atoms with van der Waals surface area (Å²) in [5.74, 6) is -2.66. The van der Waals surface area contributed by atoms with E-state index >= 15 is 0 Å². The Balaban J connectivity index is 0. The molecular formula is C12H26N2O9. The predicted octanol–water partition coefficient (Wildman–Crippen LogP) is -3.97. The minimum absolute atomic E-state index is 0.520. The zero-order valence-electron chi connectivity index (χ0n) is 12.5. The van der Waals surface area contributed by atoms with Crippen molar-refractivity contribution >= 4 is 11.9 Å². The Hall–Kier alpha value is -1.34. The van der Waals surface area contributed by atoms with E-state index < -0.39 is 49.0 Å².